The van der Waals surface area contributed by atoms with Gasteiger partial charge in [0, 0.05) is 29.5 Å². The molecule has 0 unspecified atom stereocenters. The van der Waals surface area contributed by atoms with Crippen molar-refractivity contribution in [1.29, 1.82) is 0 Å². The van der Waals surface area contributed by atoms with Gasteiger partial charge in [-0.1, -0.05) is 19.4 Å². The Labute approximate surface area is 165 Å². The summed E-state index contributed by atoms with van der Waals surface area (Å²) in [4.78, 5) is 13.3. The maximum atomic E-state index is 13.3. The van der Waals surface area contributed by atoms with Crippen LogP contribution in [-0.2, 0) is 21.2 Å². The lowest BCUT2D eigenvalue weighted by Crippen LogP contribution is -2.10. The number of benzene rings is 1. The first-order valence-corrected chi connectivity index (χ1v) is 11.2. The van der Waals surface area contributed by atoms with E-state index in [9.17, 15) is 13.2 Å². The van der Waals surface area contributed by atoms with Crippen molar-refractivity contribution in [2.24, 2.45) is 0 Å². The smallest absolute Gasteiger partial charge is 0.229 e. The number of ketones is 1. The standard InChI is InChI=1S/C21H25NO5S/c1-4-5-6-19-20(21(23)14-7-10-16(26-2)11-8-14)17-13-15(22-28(3,24)25)9-12-18(17)27-19/h7,9-10,12-13,22H,4-6,8,11H2,1-3H3. The number of hydrogen-bond donors (Lipinski definition) is 1. The minimum absolute atomic E-state index is 0.0761. The number of furan rings is 1. The molecular weight excluding hydrogens is 378 g/mol. The van der Waals surface area contributed by atoms with E-state index in [0.29, 0.717) is 52.8 Å². The Bertz CT molecular complexity index is 1060. The highest BCUT2D eigenvalue weighted by molar-refractivity contribution is 7.92. The molecule has 150 valence electrons. The van der Waals surface area contributed by atoms with Crippen LogP contribution in [0.25, 0.3) is 11.0 Å². The third kappa shape index (κ3) is 4.47. The minimum atomic E-state index is -3.41. The van der Waals surface area contributed by atoms with Crippen molar-refractivity contribution in [3.8, 4) is 0 Å². The van der Waals surface area contributed by atoms with Gasteiger partial charge in [0.2, 0.25) is 10.0 Å². The summed E-state index contributed by atoms with van der Waals surface area (Å²) in [6.45, 7) is 2.08. The van der Waals surface area contributed by atoms with E-state index in [1.54, 1.807) is 31.4 Å². The lowest BCUT2D eigenvalue weighted by molar-refractivity contribution is 0.102. The Morgan fingerprint density at radius 2 is 2.04 bits per heavy atom. The summed E-state index contributed by atoms with van der Waals surface area (Å²) in [7, 11) is -1.79. The number of aryl methyl sites for hydroxylation is 1. The molecule has 6 nitrogen and oxygen atoms in total. The molecule has 28 heavy (non-hydrogen) atoms. The number of rotatable bonds is 8. The first-order valence-electron chi connectivity index (χ1n) is 9.34. The van der Waals surface area contributed by atoms with Crippen LogP contribution in [0.3, 0.4) is 0 Å². The maximum absolute atomic E-state index is 13.3. The van der Waals surface area contributed by atoms with Crippen molar-refractivity contribution in [2.45, 2.75) is 39.0 Å². The number of nitrogens with one attached hydrogen (secondary N) is 1. The molecule has 1 aliphatic carbocycles. The van der Waals surface area contributed by atoms with Gasteiger partial charge in [0.25, 0.3) is 0 Å². The van der Waals surface area contributed by atoms with Crippen LogP contribution in [0, 0.1) is 0 Å². The van der Waals surface area contributed by atoms with E-state index in [1.807, 2.05) is 6.08 Å². The Kier molecular flexibility index (Phi) is 5.93. The average Bonchev–Trinajstić information content (AvgIpc) is 3.02. The summed E-state index contributed by atoms with van der Waals surface area (Å²) in [6.07, 6.45) is 8.53. The Balaban J connectivity index is 2.08. The lowest BCUT2D eigenvalue weighted by atomic mass is 9.93. The van der Waals surface area contributed by atoms with E-state index < -0.39 is 10.0 Å². The van der Waals surface area contributed by atoms with Gasteiger partial charge in [-0.25, -0.2) is 8.42 Å². The minimum Gasteiger partial charge on any atom is -0.501 e. The Hall–Kier alpha value is -2.54. The second-order valence-electron chi connectivity index (χ2n) is 6.95. The number of carbonyl (C=O) groups is 1. The molecule has 1 aromatic heterocycles. The van der Waals surface area contributed by atoms with Crippen molar-refractivity contribution in [3.63, 3.8) is 0 Å². The zero-order valence-corrected chi connectivity index (χ0v) is 17.2. The predicted molar refractivity (Wildman–Crippen MR) is 110 cm³/mol. The number of ether oxygens (including phenoxy) is 1. The molecule has 2 aromatic rings. The van der Waals surface area contributed by atoms with E-state index in [-0.39, 0.29) is 5.78 Å². The lowest BCUT2D eigenvalue weighted by Gasteiger charge is -2.13. The molecule has 0 fully saturated rings. The molecule has 1 aliphatic rings. The maximum Gasteiger partial charge on any atom is 0.229 e. The van der Waals surface area contributed by atoms with Crippen molar-refractivity contribution in [3.05, 3.63) is 53.0 Å². The fraction of sp³-hybridized carbons (Fsp3) is 0.381. The normalized spacial score (nSPS) is 14.5. The summed E-state index contributed by atoms with van der Waals surface area (Å²) in [6, 6.07) is 5.01. The molecule has 0 atom stereocenters. The number of carbonyl (C=O) groups excluding carboxylic acids is 1. The molecule has 0 aliphatic heterocycles. The highest BCUT2D eigenvalue weighted by atomic mass is 32.2. The number of hydrogen-bond acceptors (Lipinski definition) is 5. The average molecular weight is 404 g/mol. The molecule has 1 N–H and O–H groups in total. The van der Waals surface area contributed by atoms with Crippen molar-refractivity contribution < 1.29 is 22.4 Å². The van der Waals surface area contributed by atoms with E-state index in [1.165, 1.54) is 0 Å². The van der Waals surface area contributed by atoms with Crippen LogP contribution < -0.4 is 4.72 Å². The second-order valence-corrected chi connectivity index (χ2v) is 8.70. The first kappa shape index (κ1) is 20.2. The van der Waals surface area contributed by atoms with Gasteiger partial charge < -0.3 is 9.15 Å². The second kappa shape index (κ2) is 8.22. The highest BCUT2D eigenvalue weighted by Gasteiger charge is 2.24. The number of Topliss-reactive ketones (excluding diaryl/α,β-unsaturated/α-hetero) is 1. The van der Waals surface area contributed by atoms with Gasteiger partial charge >= 0.3 is 0 Å². The van der Waals surface area contributed by atoms with Gasteiger partial charge in [-0.2, -0.15) is 0 Å². The van der Waals surface area contributed by atoms with E-state index in [2.05, 4.69) is 11.6 Å². The monoisotopic (exact) mass is 403 g/mol. The summed E-state index contributed by atoms with van der Waals surface area (Å²) < 4.78 is 36.8. The molecule has 1 aromatic carbocycles. The molecule has 1 heterocycles. The fourth-order valence-corrected chi connectivity index (χ4v) is 3.88. The molecule has 0 amide bonds. The van der Waals surface area contributed by atoms with Gasteiger partial charge in [0.1, 0.15) is 11.3 Å². The zero-order chi connectivity index (χ0) is 20.3. The van der Waals surface area contributed by atoms with Crippen LogP contribution in [0.2, 0.25) is 0 Å². The summed E-state index contributed by atoms with van der Waals surface area (Å²) in [5, 5.41) is 0.632. The molecule has 3 rings (SSSR count). The van der Waals surface area contributed by atoms with Crippen LogP contribution >= 0.6 is 0 Å². The molecule has 0 spiro atoms. The number of allylic oxidation sites excluding steroid dienone is 4. The van der Waals surface area contributed by atoms with Gasteiger partial charge in [-0.05, 0) is 37.1 Å². The molecule has 0 bridgehead atoms. The van der Waals surface area contributed by atoms with Crippen LogP contribution in [0.4, 0.5) is 5.69 Å². The largest absolute Gasteiger partial charge is 0.501 e. The van der Waals surface area contributed by atoms with E-state index in [4.69, 9.17) is 9.15 Å². The molecule has 0 radical (unpaired) electrons. The highest BCUT2D eigenvalue weighted by Crippen LogP contribution is 2.33. The quantitative estimate of drug-likeness (QED) is 0.652. The number of methoxy groups -OCH3 is 1. The Morgan fingerprint density at radius 1 is 1.25 bits per heavy atom. The van der Waals surface area contributed by atoms with Crippen LogP contribution in [0.15, 0.2) is 46.1 Å². The number of anilines is 1. The molecule has 0 saturated heterocycles. The van der Waals surface area contributed by atoms with Gasteiger partial charge in [-0.3, -0.25) is 9.52 Å². The summed E-state index contributed by atoms with van der Waals surface area (Å²) >= 11 is 0. The number of unbranched alkanes of at least 4 members (excludes halogenated alkanes) is 1. The third-order valence-corrected chi connectivity index (χ3v) is 5.32. The zero-order valence-electron chi connectivity index (χ0n) is 16.4. The van der Waals surface area contributed by atoms with Crippen molar-refractivity contribution in [2.75, 3.05) is 18.1 Å². The van der Waals surface area contributed by atoms with E-state index in [0.717, 1.165) is 24.9 Å². The Morgan fingerprint density at radius 3 is 2.64 bits per heavy atom. The SMILES string of the molecule is CCCCc1oc2ccc(NS(C)(=O)=O)cc2c1C(=O)C1=CC=C(OC)CC1. The number of fused-ring (bicyclic) bond motifs is 1. The first-order chi connectivity index (χ1) is 13.3. The van der Waals surface area contributed by atoms with Gasteiger partial charge in [-0.15, -0.1) is 0 Å². The van der Waals surface area contributed by atoms with Gasteiger partial charge in [0.15, 0.2) is 5.78 Å². The number of sulfonamides is 1. The van der Waals surface area contributed by atoms with Gasteiger partial charge in [0.05, 0.1) is 24.7 Å². The summed E-state index contributed by atoms with van der Waals surface area (Å²) in [5.74, 6) is 1.42. The topological polar surface area (TPSA) is 85.6 Å². The van der Waals surface area contributed by atoms with Crippen molar-refractivity contribution in [1.82, 2.24) is 0 Å². The molecule has 7 heteroatoms. The van der Waals surface area contributed by atoms with E-state index >= 15 is 0 Å². The van der Waals surface area contributed by atoms with Crippen LogP contribution in [-0.4, -0.2) is 27.6 Å². The summed E-state index contributed by atoms with van der Waals surface area (Å²) in [5.41, 5.74) is 2.22. The van der Waals surface area contributed by atoms with Crippen molar-refractivity contribution >= 4 is 32.5 Å². The van der Waals surface area contributed by atoms with Crippen LogP contribution in [0.1, 0.15) is 48.7 Å². The van der Waals surface area contributed by atoms with Crippen LogP contribution in [0.5, 0.6) is 0 Å². The third-order valence-electron chi connectivity index (χ3n) is 4.71. The molecular formula is C21H25NO5S. The fourth-order valence-electron chi connectivity index (χ4n) is 3.33. The predicted octanol–water partition coefficient (Wildman–Crippen LogP) is 4.58. The molecule has 0 saturated carbocycles.